The van der Waals surface area contributed by atoms with Gasteiger partial charge in [0.05, 0.1) is 6.10 Å². The first-order valence-electron chi connectivity index (χ1n) is 6.95. The quantitative estimate of drug-likeness (QED) is 0.783. The van der Waals surface area contributed by atoms with Crippen LogP contribution in [0.15, 0.2) is 18.3 Å². The lowest BCUT2D eigenvalue weighted by atomic mass is 9.89. The van der Waals surface area contributed by atoms with Crippen molar-refractivity contribution in [2.45, 2.75) is 59.7 Å². The van der Waals surface area contributed by atoms with Gasteiger partial charge in [0, 0.05) is 31.5 Å². The fourth-order valence-corrected chi connectivity index (χ4v) is 2.21. The monoisotopic (exact) mass is 252 g/mol. The van der Waals surface area contributed by atoms with Crippen LogP contribution >= 0.6 is 0 Å². The molecule has 0 bridgehead atoms. The van der Waals surface area contributed by atoms with Crippen LogP contribution in [0, 0.1) is 5.41 Å². The zero-order chi connectivity index (χ0) is 13.6. The normalized spacial score (nSPS) is 13.8. The molecule has 0 spiro atoms. The Hall–Kier alpha value is -0.800. The first-order chi connectivity index (χ1) is 8.42. The first-order valence-corrected chi connectivity index (χ1v) is 6.95. The SMILES string of the molecule is CCCn1cccc1CNCC(O)CC(C)(C)C. The molecule has 0 aromatic carbocycles. The van der Waals surface area contributed by atoms with Crippen molar-refractivity contribution >= 4 is 0 Å². The lowest BCUT2D eigenvalue weighted by molar-refractivity contribution is 0.119. The molecule has 1 rings (SSSR count). The highest BCUT2D eigenvalue weighted by Crippen LogP contribution is 2.20. The zero-order valence-corrected chi connectivity index (χ0v) is 12.2. The van der Waals surface area contributed by atoms with Crippen molar-refractivity contribution in [3.05, 3.63) is 24.0 Å². The molecule has 1 aromatic heterocycles. The van der Waals surface area contributed by atoms with E-state index < -0.39 is 0 Å². The largest absolute Gasteiger partial charge is 0.392 e. The molecule has 18 heavy (non-hydrogen) atoms. The van der Waals surface area contributed by atoms with Crippen molar-refractivity contribution in [2.24, 2.45) is 5.41 Å². The highest BCUT2D eigenvalue weighted by molar-refractivity contribution is 5.06. The molecule has 0 saturated heterocycles. The van der Waals surface area contributed by atoms with E-state index in [9.17, 15) is 5.11 Å². The van der Waals surface area contributed by atoms with Crippen molar-refractivity contribution in [1.29, 1.82) is 0 Å². The summed E-state index contributed by atoms with van der Waals surface area (Å²) < 4.78 is 2.27. The smallest absolute Gasteiger partial charge is 0.0669 e. The Morgan fingerprint density at radius 1 is 1.39 bits per heavy atom. The van der Waals surface area contributed by atoms with Crippen LogP contribution in [0.5, 0.6) is 0 Å². The second kappa shape index (κ2) is 6.95. The molecule has 2 N–H and O–H groups in total. The Kier molecular flexibility index (Phi) is 5.89. The molecule has 0 amide bonds. The van der Waals surface area contributed by atoms with E-state index in [1.807, 2.05) is 0 Å². The fraction of sp³-hybridized carbons (Fsp3) is 0.733. The summed E-state index contributed by atoms with van der Waals surface area (Å²) in [4.78, 5) is 0. The summed E-state index contributed by atoms with van der Waals surface area (Å²) in [6.45, 7) is 11.2. The molecule has 104 valence electrons. The van der Waals surface area contributed by atoms with Crippen LogP contribution in [0.3, 0.4) is 0 Å². The Labute approximate surface area is 111 Å². The molecule has 1 heterocycles. The van der Waals surface area contributed by atoms with E-state index in [1.165, 1.54) is 5.69 Å². The Morgan fingerprint density at radius 3 is 2.72 bits per heavy atom. The Morgan fingerprint density at radius 2 is 2.11 bits per heavy atom. The molecule has 1 aromatic rings. The molecule has 0 fully saturated rings. The second-order valence-corrected chi connectivity index (χ2v) is 6.24. The molecule has 3 nitrogen and oxygen atoms in total. The van der Waals surface area contributed by atoms with Crippen molar-refractivity contribution in [1.82, 2.24) is 9.88 Å². The minimum atomic E-state index is -0.264. The molecular weight excluding hydrogens is 224 g/mol. The van der Waals surface area contributed by atoms with Crippen molar-refractivity contribution < 1.29 is 5.11 Å². The van der Waals surface area contributed by atoms with Crippen molar-refractivity contribution in [2.75, 3.05) is 6.54 Å². The molecule has 0 radical (unpaired) electrons. The van der Waals surface area contributed by atoms with E-state index >= 15 is 0 Å². The predicted octanol–water partition coefficient (Wildman–Crippen LogP) is 2.78. The molecule has 0 aliphatic heterocycles. The number of aliphatic hydroxyl groups excluding tert-OH is 1. The topological polar surface area (TPSA) is 37.2 Å². The van der Waals surface area contributed by atoms with Gasteiger partial charge in [-0.3, -0.25) is 0 Å². The lowest BCUT2D eigenvalue weighted by Gasteiger charge is -2.22. The summed E-state index contributed by atoms with van der Waals surface area (Å²) in [5.41, 5.74) is 1.48. The van der Waals surface area contributed by atoms with Gasteiger partial charge in [-0.15, -0.1) is 0 Å². The average molecular weight is 252 g/mol. The molecule has 0 saturated carbocycles. The van der Waals surface area contributed by atoms with Crippen molar-refractivity contribution in [3.8, 4) is 0 Å². The van der Waals surface area contributed by atoms with Gasteiger partial charge >= 0.3 is 0 Å². The van der Waals surface area contributed by atoms with E-state index in [0.717, 1.165) is 25.9 Å². The van der Waals surface area contributed by atoms with Gasteiger partial charge in [0.15, 0.2) is 0 Å². The number of nitrogens with one attached hydrogen (secondary N) is 1. The van der Waals surface area contributed by atoms with E-state index in [0.29, 0.717) is 6.54 Å². The summed E-state index contributed by atoms with van der Waals surface area (Å²) >= 11 is 0. The maximum absolute atomic E-state index is 9.92. The average Bonchev–Trinajstić information content (AvgIpc) is 2.64. The minimum Gasteiger partial charge on any atom is -0.392 e. The van der Waals surface area contributed by atoms with Crippen LogP contribution in [-0.4, -0.2) is 22.3 Å². The number of nitrogens with zero attached hydrogens (tertiary/aromatic N) is 1. The van der Waals surface area contributed by atoms with Gasteiger partial charge in [0.1, 0.15) is 0 Å². The third-order valence-corrected chi connectivity index (χ3v) is 2.92. The molecular formula is C15H28N2O. The summed E-state index contributed by atoms with van der Waals surface area (Å²) in [5, 5.41) is 13.3. The van der Waals surface area contributed by atoms with Crippen LogP contribution in [0.1, 0.15) is 46.2 Å². The number of aryl methyl sites for hydroxylation is 1. The van der Waals surface area contributed by atoms with Gasteiger partial charge in [-0.2, -0.15) is 0 Å². The highest BCUT2D eigenvalue weighted by Gasteiger charge is 2.16. The predicted molar refractivity (Wildman–Crippen MR) is 76.5 cm³/mol. The van der Waals surface area contributed by atoms with Gasteiger partial charge < -0.3 is 15.0 Å². The van der Waals surface area contributed by atoms with Crippen LogP contribution in [0.4, 0.5) is 0 Å². The second-order valence-electron chi connectivity index (χ2n) is 6.24. The van der Waals surface area contributed by atoms with Crippen LogP contribution in [0.2, 0.25) is 0 Å². The summed E-state index contributed by atoms with van der Waals surface area (Å²) in [5.74, 6) is 0. The number of aliphatic hydroxyl groups is 1. The zero-order valence-electron chi connectivity index (χ0n) is 12.2. The first kappa shape index (κ1) is 15.3. The number of hydrogen-bond acceptors (Lipinski definition) is 2. The van der Waals surface area contributed by atoms with Gasteiger partial charge in [-0.1, -0.05) is 27.7 Å². The third kappa shape index (κ3) is 5.69. The summed E-state index contributed by atoms with van der Waals surface area (Å²) in [7, 11) is 0. The molecule has 1 atom stereocenters. The number of hydrogen-bond donors (Lipinski definition) is 2. The van der Waals surface area contributed by atoms with Crippen LogP contribution in [-0.2, 0) is 13.1 Å². The third-order valence-electron chi connectivity index (χ3n) is 2.92. The van der Waals surface area contributed by atoms with E-state index in [1.54, 1.807) is 0 Å². The molecule has 0 aliphatic rings. The summed E-state index contributed by atoms with van der Waals surface area (Å²) in [6, 6.07) is 4.22. The standard InChI is InChI=1S/C15H28N2O/c1-5-8-17-9-6-7-13(17)11-16-12-14(18)10-15(2,3)4/h6-7,9,14,16,18H,5,8,10-12H2,1-4H3. The molecule has 0 aliphatic carbocycles. The number of aromatic nitrogens is 1. The fourth-order valence-electron chi connectivity index (χ4n) is 2.21. The Balaban J connectivity index is 2.30. The van der Waals surface area contributed by atoms with Crippen LogP contribution < -0.4 is 5.32 Å². The van der Waals surface area contributed by atoms with E-state index in [4.69, 9.17) is 0 Å². The van der Waals surface area contributed by atoms with Gasteiger partial charge in [0.2, 0.25) is 0 Å². The highest BCUT2D eigenvalue weighted by atomic mass is 16.3. The molecule has 1 unspecified atom stereocenters. The van der Waals surface area contributed by atoms with Gasteiger partial charge in [0.25, 0.3) is 0 Å². The van der Waals surface area contributed by atoms with E-state index in [-0.39, 0.29) is 11.5 Å². The molecule has 3 heteroatoms. The maximum Gasteiger partial charge on any atom is 0.0669 e. The minimum absolute atomic E-state index is 0.184. The Bertz CT molecular complexity index is 339. The number of rotatable bonds is 7. The van der Waals surface area contributed by atoms with E-state index in [2.05, 4.69) is 55.9 Å². The van der Waals surface area contributed by atoms with Crippen LogP contribution in [0.25, 0.3) is 0 Å². The summed E-state index contributed by atoms with van der Waals surface area (Å²) in [6.07, 6.45) is 3.83. The van der Waals surface area contributed by atoms with Crippen molar-refractivity contribution in [3.63, 3.8) is 0 Å². The van der Waals surface area contributed by atoms with Gasteiger partial charge in [-0.25, -0.2) is 0 Å². The van der Waals surface area contributed by atoms with Gasteiger partial charge in [-0.05, 0) is 30.4 Å². The maximum atomic E-state index is 9.92. The lowest BCUT2D eigenvalue weighted by Crippen LogP contribution is -2.30.